The van der Waals surface area contributed by atoms with Crippen molar-refractivity contribution in [2.24, 2.45) is 0 Å². The molecule has 0 aromatic heterocycles. The quantitative estimate of drug-likeness (QED) is 0.865. The van der Waals surface area contributed by atoms with Crippen LogP contribution in [0.2, 0.25) is 0 Å². The van der Waals surface area contributed by atoms with E-state index in [9.17, 15) is 13.6 Å². The van der Waals surface area contributed by atoms with Crippen molar-refractivity contribution >= 4 is 11.6 Å². The van der Waals surface area contributed by atoms with Crippen LogP contribution < -0.4 is 14.8 Å². The van der Waals surface area contributed by atoms with Gasteiger partial charge in [0.1, 0.15) is 0 Å². The first-order valence-corrected chi connectivity index (χ1v) is 7.78. The van der Waals surface area contributed by atoms with Crippen LogP contribution in [-0.2, 0) is 4.79 Å². The summed E-state index contributed by atoms with van der Waals surface area (Å²) in [6, 6.07) is 4.74. The molecule has 5 nitrogen and oxygen atoms in total. The number of rotatable bonds is 4. The number of benzene rings is 1. The Bertz CT molecular complexity index is 613. The number of hydrogen-bond acceptors (Lipinski definition) is 3. The first-order chi connectivity index (χ1) is 10.8. The zero-order valence-electron chi connectivity index (χ0n) is 13.3. The summed E-state index contributed by atoms with van der Waals surface area (Å²) in [7, 11) is 4.10. The highest BCUT2D eigenvalue weighted by Crippen LogP contribution is 2.42. The number of quaternary nitrogens is 1. The number of carbonyl (C=O) groups is 1. The predicted octanol–water partition coefficient (Wildman–Crippen LogP) is 2.97. The van der Waals surface area contributed by atoms with Crippen LogP contribution in [-0.4, -0.2) is 43.4 Å². The summed E-state index contributed by atoms with van der Waals surface area (Å²) in [5.74, 6) is -0.250. The Kier molecular flexibility index (Phi) is 3.91. The maximum Gasteiger partial charge on any atom is 0.586 e. The number of nitrogens with one attached hydrogen (secondary N) is 1. The van der Waals surface area contributed by atoms with Crippen LogP contribution in [0, 0.1) is 0 Å². The highest BCUT2D eigenvalue weighted by Gasteiger charge is 2.43. The molecule has 2 aliphatic rings. The molecule has 1 saturated carbocycles. The first-order valence-electron chi connectivity index (χ1n) is 7.78. The molecule has 1 aromatic carbocycles. The van der Waals surface area contributed by atoms with Gasteiger partial charge in [0.15, 0.2) is 18.0 Å². The standard InChI is InChI=1S/C16H20F2N2O3/c1-20(2,12-5-3-4-6-12)10-15(21)19-11-7-8-13-14(9-11)23-16(17,18)22-13/h7-9,12H,3-6,10H2,1-2H3/p+1. The summed E-state index contributed by atoms with van der Waals surface area (Å²) >= 11 is 0. The van der Waals surface area contributed by atoms with Crippen molar-refractivity contribution in [3.63, 3.8) is 0 Å². The molecule has 1 aliphatic carbocycles. The molecule has 0 unspecified atom stereocenters. The van der Waals surface area contributed by atoms with Crippen LogP contribution >= 0.6 is 0 Å². The Morgan fingerprint density at radius 1 is 1.26 bits per heavy atom. The molecule has 0 saturated heterocycles. The van der Waals surface area contributed by atoms with Crippen molar-refractivity contribution in [1.82, 2.24) is 0 Å². The number of alkyl halides is 2. The maximum atomic E-state index is 13.0. The summed E-state index contributed by atoms with van der Waals surface area (Å²) in [4.78, 5) is 12.3. The van der Waals surface area contributed by atoms with Crippen LogP contribution in [0.3, 0.4) is 0 Å². The van der Waals surface area contributed by atoms with Crippen molar-refractivity contribution < 1.29 is 27.5 Å². The molecule has 0 spiro atoms. The topological polar surface area (TPSA) is 47.6 Å². The molecule has 0 bridgehead atoms. The number of ether oxygens (including phenoxy) is 2. The fraction of sp³-hybridized carbons (Fsp3) is 0.562. The Hall–Kier alpha value is -1.89. The van der Waals surface area contributed by atoms with Crippen molar-refractivity contribution in [2.45, 2.75) is 38.0 Å². The Morgan fingerprint density at radius 2 is 1.91 bits per heavy atom. The van der Waals surface area contributed by atoms with Gasteiger partial charge in [-0.3, -0.25) is 4.79 Å². The van der Waals surface area contributed by atoms with E-state index < -0.39 is 6.29 Å². The largest absolute Gasteiger partial charge is 0.586 e. The molecule has 1 heterocycles. The van der Waals surface area contributed by atoms with Crippen LogP contribution in [0.4, 0.5) is 14.5 Å². The number of fused-ring (bicyclic) bond motifs is 1. The minimum Gasteiger partial charge on any atom is -0.395 e. The predicted molar refractivity (Wildman–Crippen MR) is 80.5 cm³/mol. The van der Waals surface area contributed by atoms with Crippen molar-refractivity contribution in [1.29, 1.82) is 0 Å². The van der Waals surface area contributed by atoms with Gasteiger partial charge in [-0.1, -0.05) is 0 Å². The molecule has 1 fully saturated rings. The van der Waals surface area contributed by atoms with Crippen LogP contribution in [0.25, 0.3) is 0 Å². The van der Waals surface area contributed by atoms with Gasteiger partial charge in [0, 0.05) is 11.8 Å². The summed E-state index contributed by atoms with van der Waals surface area (Å²) < 4.78 is 35.3. The number of anilines is 1. The molecular formula is C16H21F2N2O3+. The second-order valence-electron chi connectivity index (χ2n) is 6.75. The van der Waals surface area contributed by atoms with E-state index in [0.717, 1.165) is 12.8 Å². The number of carbonyl (C=O) groups excluding carboxylic acids is 1. The van der Waals surface area contributed by atoms with Crippen LogP contribution in [0.15, 0.2) is 18.2 Å². The van der Waals surface area contributed by atoms with E-state index in [4.69, 9.17) is 0 Å². The van der Waals surface area contributed by atoms with Crippen molar-refractivity contribution in [3.05, 3.63) is 18.2 Å². The summed E-state index contributed by atoms with van der Waals surface area (Å²) in [6.07, 6.45) is 1.06. The third-order valence-electron chi connectivity index (χ3n) is 4.55. The molecule has 0 atom stereocenters. The van der Waals surface area contributed by atoms with Gasteiger partial charge in [-0.15, -0.1) is 8.78 Å². The zero-order chi connectivity index (χ0) is 16.7. The lowest BCUT2D eigenvalue weighted by atomic mass is 10.2. The smallest absolute Gasteiger partial charge is 0.395 e. The monoisotopic (exact) mass is 327 g/mol. The molecule has 1 amide bonds. The van der Waals surface area contributed by atoms with Gasteiger partial charge in [0.05, 0.1) is 20.1 Å². The number of halogens is 2. The van der Waals surface area contributed by atoms with Gasteiger partial charge in [0.2, 0.25) is 0 Å². The van der Waals surface area contributed by atoms with Gasteiger partial charge in [-0.25, -0.2) is 0 Å². The number of nitrogens with zero attached hydrogens (tertiary/aromatic N) is 1. The lowest BCUT2D eigenvalue weighted by molar-refractivity contribution is -0.906. The Labute approximate surface area is 133 Å². The van der Waals surface area contributed by atoms with Crippen LogP contribution in [0.5, 0.6) is 11.5 Å². The first kappa shape index (κ1) is 16.0. The van der Waals surface area contributed by atoms with E-state index in [1.54, 1.807) is 0 Å². The lowest BCUT2D eigenvalue weighted by Gasteiger charge is -2.35. The molecule has 1 N–H and O–H groups in total. The second kappa shape index (κ2) is 5.63. The second-order valence-corrected chi connectivity index (χ2v) is 6.75. The highest BCUT2D eigenvalue weighted by atomic mass is 19.3. The third kappa shape index (κ3) is 3.55. The summed E-state index contributed by atoms with van der Waals surface area (Å²) in [5.41, 5.74) is 0.418. The summed E-state index contributed by atoms with van der Waals surface area (Å²) in [5, 5.41) is 2.74. The molecule has 23 heavy (non-hydrogen) atoms. The molecule has 3 rings (SSSR count). The Morgan fingerprint density at radius 3 is 2.61 bits per heavy atom. The van der Waals surface area contributed by atoms with Gasteiger partial charge >= 0.3 is 6.29 Å². The number of amides is 1. The van der Waals surface area contributed by atoms with Gasteiger partial charge in [-0.05, 0) is 37.8 Å². The molecule has 0 radical (unpaired) electrons. The van der Waals surface area contributed by atoms with E-state index >= 15 is 0 Å². The van der Waals surface area contributed by atoms with E-state index in [-0.39, 0.29) is 17.4 Å². The van der Waals surface area contributed by atoms with Crippen LogP contribution in [0.1, 0.15) is 25.7 Å². The van der Waals surface area contributed by atoms with E-state index in [2.05, 4.69) is 28.9 Å². The van der Waals surface area contributed by atoms with Gasteiger partial charge < -0.3 is 19.3 Å². The zero-order valence-corrected chi connectivity index (χ0v) is 13.3. The normalized spacial score (nSPS) is 19.8. The van der Waals surface area contributed by atoms with Gasteiger partial charge in [-0.2, -0.15) is 0 Å². The van der Waals surface area contributed by atoms with Gasteiger partial charge in [0.25, 0.3) is 5.91 Å². The SMILES string of the molecule is C[N+](C)(CC(=O)Nc1ccc2c(c1)OC(F)(F)O2)C1CCCC1. The average Bonchev–Trinajstić information content (AvgIpc) is 3.03. The number of likely N-dealkylation sites (N-methyl/N-ethyl adjacent to an activating group) is 1. The number of hydrogen-bond donors (Lipinski definition) is 1. The molecule has 126 valence electrons. The minimum atomic E-state index is -3.65. The fourth-order valence-corrected chi connectivity index (χ4v) is 3.33. The molecular weight excluding hydrogens is 306 g/mol. The lowest BCUT2D eigenvalue weighted by Crippen LogP contribution is -2.51. The van der Waals surface area contributed by atoms with E-state index in [1.807, 2.05) is 0 Å². The van der Waals surface area contributed by atoms with Crippen molar-refractivity contribution in [2.75, 3.05) is 26.0 Å². The molecule has 7 heteroatoms. The summed E-state index contributed by atoms with van der Waals surface area (Å²) in [6.45, 7) is 0.343. The fourth-order valence-electron chi connectivity index (χ4n) is 3.33. The minimum absolute atomic E-state index is 0.0323. The van der Waals surface area contributed by atoms with E-state index in [1.165, 1.54) is 31.0 Å². The average molecular weight is 327 g/mol. The third-order valence-corrected chi connectivity index (χ3v) is 4.55. The Balaban J connectivity index is 1.63. The van der Waals surface area contributed by atoms with E-state index in [0.29, 0.717) is 22.8 Å². The highest BCUT2D eigenvalue weighted by molar-refractivity contribution is 5.92. The van der Waals surface area contributed by atoms with Crippen molar-refractivity contribution in [3.8, 4) is 11.5 Å². The molecule has 1 aromatic rings. The maximum absolute atomic E-state index is 13.0. The molecule has 1 aliphatic heterocycles.